The summed E-state index contributed by atoms with van der Waals surface area (Å²) in [7, 11) is -2.31. The molecule has 1 saturated heterocycles. The second-order valence-electron chi connectivity index (χ2n) is 11.3. The van der Waals surface area contributed by atoms with Crippen LogP contribution >= 0.6 is 11.3 Å². The van der Waals surface area contributed by atoms with Gasteiger partial charge in [0, 0.05) is 39.1 Å². The molecule has 3 N–H and O–H groups in total. The minimum absolute atomic E-state index is 0.000627. The number of methoxy groups -OCH3 is 1. The molecule has 3 aromatic rings. The number of thiophene rings is 1. The van der Waals surface area contributed by atoms with E-state index in [1.165, 1.54) is 25.3 Å². The Bertz CT molecular complexity index is 1740. The third kappa shape index (κ3) is 10.6. The van der Waals surface area contributed by atoms with Gasteiger partial charge in [-0.1, -0.05) is 24.0 Å². The monoisotopic (exact) mass is 725 g/mol. The minimum atomic E-state index is -4.70. The number of hydrogen-bond donors (Lipinski definition) is 3. The molecule has 264 valence electrons. The predicted molar refractivity (Wildman–Crippen MR) is 169 cm³/mol. The van der Waals surface area contributed by atoms with Crippen molar-refractivity contribution in [3.8, 4) is 17.6 Å². The van der Waals surface area contributed by atoms with E-state index in [4.69, 9.17) is 9.47 Å². The topological polar surface area (TPSA) is 100 Å². The predicted octanol–water partition coefficient (Wildman–Crippen LogP) is 5.65. The molecule has 0 amide bonds. The number of alkyl halides is 7. The zero-order chi connectivity index (χ0) is 35.3. The van der Waals surface area contributed by atoms with Crippen LogP contribution in [0.25, 0.3) is 10.1 Å². The number of nitrogens with zero attached hydrogens (tertiary/aromatic N) is 1. The molecule has 0 aliphatic carbocycles. The standard InChI is InChI=1S/C31H34F7N3O5S2/c1-45-17-19(42)15-41-12-10-24(23(32)16-41)40-26-6-3-5-21-22(14-30(33,34)35)28(47-29(21)26)7-4-11-39-25-9-8-20(48(2,43)44)13-27(25)46-18-31(36,37)38/h3,5-6,8-9,13,19,23-24,39-40,42H,10-12,14-18H2,1-2H3. The quantitative estimate of drug-likeness (QED) is 0.163. The molecule has 1 aliphatic rings. The van der Waals surface area contributed by atoms with Crippen LogP contribution in [0.5, 0.6) is 5.75 Å². The van der Waals surface area contributed by atoms with Gasteiger partial charge >= 0.3 is 12.4 Å². The van der Waals surface area contributed by atoms with Crippen LogP contribution in [0.15, 0.2) is 41.3 Å². The maximum Gasteiger partial charge on any atom is 0.422 e. The molecule has 17 heteroatoms. The van der Waals surface area contributed by atoms with Crippen molar-refractivity contribution in [1.82, 2.24) is 4.90 Å². The van der Waals surface area contributed by atoms with Crippen LogP contribution in [0.3, 0.4) is 0 Å². The number of fused-ring (bicyclic) bond motifs is 1. The van der Waals surface area contributed by atoms with Crippen LogP contribution in [0.2, 0.25) is 0 Å². The molecule has 2 heterocycles. The number of halogens is 7. The molecule has 4 rings (SSSR count). The highest BCUT2D eigenvalue weighted by molar-refractivity contribution is 7.90. The molecule has 1 aliphatic heterocycles. The summed E-state index contributed by atoms with van der Waals surface area (Å²) in [6.45, 7) is -1.00. The van der Waals surface area contributed by atoms with E-state index >= 15 is 4.39 Å². The van der Waals surface area contributed by atoms with Gasteiger partial charge in [-0.15, -0.1) is 11.3 Å². The van der Waals surface area contributed by atoms with Crippen molar-refractivity contribution >= 4 is 42.6 Å². The number of nitrogens with one attached hydrogen (secondary N) is 2. The van der Waals surface area contributed by atoms with E-state index in [1.54, 1.807) is 17.0 Å². The van der Waals surface area contributed by atoms with Crippen molar-refractivity contribution in [1.29, 1.82) is 0 Å². The van der Waals surface area contributed by atoms with Gasteiger partial charge in [-0.05, 0) is 35.6 Å². The van der Waals surface area contributed by atoms with E-state index in [2.05, 4.69) is 22.5 Å². The van der Waals surface area contributed by atoms with Gasteiger partial charge in [0.2, 0.25) is 0 Å². The first-order valence-corrected chi connectivity index (χ1v) is 17.3. The Labute approximate surface area is 277 Å². The lowest BCUT2D eigenvalue weighted by Gasteiger charge is -2.36. The molecule has 0 bridgehead atoms. The number of hydrogen-bond acceptors (Lipinski definition) is 9. The van der Waals surface area contributed by atoms with Gasteiger partial charge < -0.3 is 25.2 Å². The Balaban J connectivity index is 1.56. The summed E-state index contributed by atoms with van der Waals surface area (Å²) >= 11 is 1.00. The molecule has 0 spiro atoms. The zero-order valence-corrected chi connectivity index (χ0v) is 27.5. The zero-order valence-electron chi connectivity index (χ0n) is 25.8. The Morgan fingerprint density at radius 1 is 1.12 bits per heavy atom. The maximum absolute atomic E-state index is 15.2. The molecule has 8 nitrogen and oxygen atoms in total. The lowest BCUT2D eigenvalue weighted by molar-refractivity contribution is -0.153. The molecule has 0 saturated carbocycles. The highest BCUT2D eigenvalue weighted by atomic mass is 32.2. The van der Waals surface area contributed by atoms with Gasteiger partial charge in [-0.3, -0.25) is 4.90 Å². The first-order valence-electron chi connectivity index (χ1n) is 14.6. The van der Waals surface area contributed by atoms with Crippen molar-refractivity contribution in [2.24, 2.45) is 0 Å². The highest BCUT2D eigenvalue weighted by Crippen LogP contribution is 2.40. The fourth-order valence-corrected chi connectivity index (χ4v) is 7.03. The molecule has 3 atom stereocenters. The number of benzene rings is 2. The number of piperidine rings is 1. The Morgan fingerprint density at radius 3 is 2.52 bits per heavy atom. The molecule has 2 aromatic carbocycles. The molecular formula is C31H34F7N3O5S2. The van der Waals surface area contributed by atoms with E-state index in [0.29, 0.717) is 28.7 Å². The van der Waals surface area contributed by atoms with Gasteiger partial charge in [0.25, 0.3) is 0 Å². The van der Waals surface area contributed by atoms with Gasteiger partial charge in [0.1, 0.15) is 11.9 Å². The number of aliphatic hydroxyl groups is 1. The molecule has 0 radical (unpaired) electrons. The first-order chi connectivity index (χ1) is 22.4. The van der Waals surface area contributed by atoms with Gasteiger partial charge in [-0.2, -0.15) is 26.3 Å². The summed E-state index contributed by atoms with van der Waals surface area (Å²) in [5.41, 5.74) is 0.383. The second kappa shape index (κ2) is 15.5. The van der Waals surface area contributed by atoms with Crippen LogP contribution in [-0.2, 0) is 21.0 Å². The fraction of sp³-hybridized carbons (Fsp3) is 0.484. The number of aliphatic hydroxyl groups excluding tert-OH is 1. The summed E-state index contributed by atoms with van der Waals surface area (Å²) in [5.74, 6) is 5.02. The smallest absolute Gasteiger partial charge is 0.422 e. The van der Waals surface area contributed by atoms with E-state index in [1.807, 2.05) is 0 Å². The molecule has 3 unspecified atom stereocenters. The van der Waals surface area contributed by atoms with Crippen molar-refractivity contribution in [3.63, 3.8) is 0 Å². The third-order valence-corrected chi connectivity index (χ3v) is 9.64. The van der Waals surface area contributed by atoms with E-state index in [0.717, 1.165) is 23.7 Å². The summed E-state index contributed by atoms with van der Waals surface area (Å²) in [6.07, 6.45) is -11.4. The molecule has 1 fully saturated rings. The first kappa shape index (κ1) is 37.5. The van der Waals surface area contributed by atoms with E-state index < -0.39 is 59.3 Å². The number of sulfone groups is 1. The van der Waals surface area contributed by atoms with Gasteiger partial charge in [-0.25, -0.2) is 12.8 Å². The SMILES string of the molecule is COCC(O)CN1CCC(Nc2cccc3c(CC(F)(F)F)c(C#CCNc4ccc(S(C)(=O)=O)cc4OCC(F)(F)F)sc23)C(F)C1. The Hall–Kier alpha value is -3.30. The lowest BCUT2D eigenvalue weighted by atomic mass is 10.0. The Kier molecular flexibility index (Phi) is 12.1. The van der Waals surface area contributed by atoms with E-state index in [-0.39, 0.29) is 47.3 Å². The number of β-amino-alcohol motifs (C(OH)–C–C–N with tert-alkyl or cyclic N) is 1. The number of rotatable bonds is 12. The van der Waals surface area contributed by atoms with Crippen molar-refractivity contribution in [3.05, 3.63) is 46.8 Å². The molecular weight excluding hydrogens is 691 g/mol. The summed E-state index contributed by atoms with van der Waals surface area (Å²) in [6, 6.07) is 7.45. The normalized spacial score (nSPS) is 18.3. The average Bonchev–Trinajstić information content (AvgIpc) is 3.31. The van der Waals surface area contributed by atoms with Gasteiger partial charge in [0.05, 0.1) is 57.6 Å². The lowest BCUT2D eigenvalue weighted by Crippen LogP contribution is -2.50. The van der Waals surface area contributed by atoms with Crippen LogP contribution in [0.4, 0.5) is 42.1 Å². The highest BCUT2D eigenvalue weighted by Gasteiger charge is 2.33. The van der Waals surface area contributed by atoms with Crippen LogP contribution < -0.4 is 15.4 Å². The van der Waals surface area contributed by atoms with Gasteiger partial charge in [0.15, 0.2) is 16.4 Å². The molecule has 48 heavy (non-hydrogen) atoms. The second-order valence-corrected chi connectivity index (χ2v) is 14.3. The third-order valence-electron chi connectivity index (χ3n) is 7.33. The summed E-state index contributed by atoms with van der Waals surface area (Å²) in [4.78, 5) is 1.62. The van der Waals surface area contributed by atoms with Crippen LogP contribution in [0, 0.1) is 11.8 Å². The number of likely N-dealkylation sites (tertiary alicyclic amines) is 1. The van der Waals surface area contributed by atoms with Crippen molar-refractivity contribution in [2.75, 3.05) is 63.4 Å². The summed E-state index contributed by atoms with van der Waals surface area (Å²) in [5, 5.41) is 16.2. The average molecular weight is 726 g/mol. The van der Waals surface area contributed by atoms with Crippen molar-refractivity contribution in [2.45, 2.75) is 48.4 Å². The minimum Gasteiger partial charge on any atom is -0.482 e. The van der Waals surface area contributed by atoms with Crippen LogP contribution in [-0.4, -0.2) is 102 Å². The van der Waals surface area contributed by atoms with Crippen LogP contribution in [0.1, 0.15) is 16.9 Å². The van der Waals surface area contributed by atoms with Crippen molar-refractivity contribution < 1.29 is 53.7 Å². The largest absolute Gasteiger partial charge is 0.482 e. The summed E-state index contributed by atoms with van der Waals surface area (Å²) < 4.78 is 129. The molecule has 1 aromatic heterocycles. The van der Waals surface area contributed by atoms with E-state index in [9.17, 15) is 39.9 Å². The number of ether oxygens (including phenoxy) is 2. The fourth-order valence-electron chi connectivity index (χ4n) is 5.22. The Morgan fingerprint density at radius 2 is 1.88 bits per heavy atom. The maximum atomic E-state index is 15.2. The number of anilines is 2.